The number of hydrogen-bond acceptors (Lipinski definition) is 1. The second kappa shape index (κ2) is 7.12. The molecule has 0 N–H and O–H groups in total. The van der Waals surface area contributed by atoms with Crippen LogP contribution >= 0.6 is 23.2 Å². The Labute approximate surface area is 139 Å². The van der Waals surface area contributed by atoms with Gasteiger partial charge in [-0.2, -0.15) is 0 Å². The normalized spacial score (nSPS) is 12.0. The number of rotatable bonds is 4. The van der Waals surface area contributed by atoms with Crippen LogP contribution in [0.2, 0.25) is 10.0 Å². The van der Waals surface area contributed by atoms with E-state index in [2.05, 4.69) is 0 Å². The van der Waals surface area contributed by atoms with E-state index >= 15 is 0 Å². The molecule has 5 heteroatoms. The minimum Gasteiger partial charge on any atom is -0.339 e. The van der Waals surface area contributed by atoms with Gasteiger partial charge in [-0.15, -0.1) is 0 Å². The lowest BCUT2D eigenvalue weighted by Gasteiger charge is -2.25. The Kier molecular flexibility index (Phi) is 5.43. The second-order valence-electron chi connectivity index (χ2n) is 5.16. The largest absolute Gasteiger partial charge is 0.339 e. The van der Waals surface area contributed by atoms with Gasteiger partial charge >= 0.3 is 0 Å². The molecular formula is C17H16Cl2FNO. The highest BCUT2D eigenvalue weighted by Crippen LogP contribution is 2.24. The molecule has 0 saturated heterocycles. The molecule has 0 aliphatic carbocycles. The second-order valence-corrected chi connectivity index (χ2v) is 5.97. The molecule has 2 aromatic rings. The van der Waals surface area contributed by atoms with Gasteiger partial charge < -0.3 is 4.90 Å². The number of likely N-dealkylation sites (N-methyl/N-ethyl adjacent to an activating group) is 1. The van der Waals surface area contributed by atoms with Crippen molar-refractivity contribution in [1.82, 2.24) is 4.90 Å². The van der Waals surface area contributed by atoms with Crippen LogP contribution in [0.1, 0.15) is 24.1 Å². The summed E-state index contributed by atoms with van der Waals surface area (Å²) in [7, 11) is 1.73. The first-order valence-electron chi connectivity index (χ1n) is 6.83. The fourth-order valence-corrected chi connectivity index (χ4v) is 2.45. The molecule has 2 nitrogen and oxygen atoms in total. The van der Waals surface area contributed by atoms with E-state index in [4.69, 9.17) is 23.2 Å². The molecule has 0 spiro atoms. The highest BCUT2D eigenvalue weighted by Gasteiger charge is 2.18. The van der Waals surface area contributed by atoms with Crippen LogP contribution in [-0.4, -0.2) is 17.9 Å². The highest BCUT2D eigenvalue weighted by atomic mass is 35.5. The summed E-state index contributed by atoms with van der Waals surface area (Å²) in [6.07, 6.45) is 0.235. The van der Waals surface area contributed by atoms with Gasteiger partial charge in [0.2, 0.25) is 5.91 Å². The number of benzene rings is 2. The average Bonchev–Trinajstić information content (AvgIpc) is 2.50. The number of nitrogens with zero attached hydrogens (tertiary/aromatic N) is 1. The average molecular weight is 340 g/mol. The Morgan fingerprint density at radius 1 is 1.14 bits per heavy atom. The Balaban J connectivity index is 2.07. The van der Waals surface area contributed by atoms with Crippen molar-refractivity contribution in [3.05, 3.63) is 69.5 Å². The minimum absolute atomic E-state index is 0.0461. The summed E-state index contributed by atoms with van der Waals surface area (Å²) in [6, 6.07) is 11.2. The van der Waals surface area contributed by atoms with Crippen molar-refractivity contribution < 1.29 is 9.18 Å². The summed E-state index contributed by atoms with van der Waals surface area (Å²) in [6.45, 7) is 1.90. The van der Waals surface area contributed by atoms with Crippen molar-refractivity contribution in [2.45, 2.75) is 19.4 Å². The summed E-state index contributed by atoms with van der Waals surface area (Å²) >= 11 is 11.8. The first-order chi connectivity index (χ1) is 10.4. The van der Waals surface area contributed by atoms with Crippen molar-refractivity contribution in [2.24, 2.45) is 0 Å². The molecule has 0 saturated carbocycles. The molecule has 0 heterocycles. The van der Waals surface area contributed by atoms with Gasteiger partial charge in [0.25, 0.3) is 0 Å². The van der Waals surface area contributed by atoms with Gasteiger partial charge in [0.1, 0.15) is 5.82 Å². The van der Waals surface area contributed by atoms with Crippen molar-refractivity contribution in [3.8, 4) is 0 Å². The first-order valence-corrected chi connectivity index (χ1v) is 7.59. The van der Waals surface area contributed by atoms with Crippen LogP contribution in [-0.2, 0) is 11.2 Å². The lowest BCUT2D eigenvalue weighted by atomic mass is 10.1. The molecule has 0 aliphatic heterocycles. The van der Waals surface area contributed by atoms with Crippen molar-refractivity contribution in [3.63, 3.8) is 0 Å². The number of hydrogen-bond donors (Lipinski definition) is 0. The lowest BCUT2D eigenvalue weighted by Crippen LogP contribution is -2.30. The zero-order valence-electron chi connectivity index (χ0n) is 12.3. The molecule has 116 valence electrons. The first kappa shape index (κ1) is 16.8. The van der Waals surface area contributed by atoms with Gasteiger partial charge in [0.15, 0.2) is 0 Å². The Bertz CT molecular complexity index is 673. The molecule has 0 aromatic heterocycles. The Morgan fingerprint density at radius 3 is 2.36 bits per heavy atom. The van der Waals surface area contributed by atoms with Crippen LogP contribution in [0.25, 0.3) is 0 Å². The molecule has 0 aliphatic rings. The van der Waals surface area contributed by atoms with Gasteiger partial charge in [-0.1, -0.05) is 41.4 Å². The van der Waals surface area contributed by atoms with Crippen molar-refractivity contribution in [2.75, 3.05) is 7.05 Å². The van der Waals surface area contributed by atoms with E-state index in [0.717, 1.165) is 11.1 Å². The van der Waals surface area contributed by atoms with Gasteiger partial charge in [0, 0.05) is 7.05 Å². The molecule has 1 atom stereocenters. The van der Waals surface area contributed by atoms with E-state index in [-0.39, 0.29) is 24.2 Å². The predicted octanol–water partition coefficient (Wildman–Crippen LogP) is 4.89. The Morgan fingerprint density at radius 2 is 1.77 bits per heavy atom. The molecular weight excluding hydrogens is 324 g/mol. The van der Waals surface area contributed by atoms with Crippen LogP contribution in [0.3, 0.4) is 0 Å². The maximum absolute atomic E-state index is 13.0. The molecule has 2 rings (SSSR count). The number of carbonyl (C=O) groups excluding carboxylic acids is 1. The van der Waals surface area contributed by atoms with Crippen LogP contribution in [0, 0.1) is 5.82 Å². The molecule has 1 unspecified atom stereocenters. The van der Waals surface area contributed by atoms with E-state index in [1.165, 1.54) is 12.1 Å². The molecule has 2 aromatic carbocycles. The number of carbonyl (C=O) groups is 1. The van der Waals surface area contributed by atoms with E-state index in [1.807, 2.05) is 6.92 Å². The third-order valence-corrected chi connectivity index (χ3v) is 4.41. The maximum atomic E-state index is 13.0. The molecule has 22 heavy (non-hydrogen) atoms. The van der Waals surface area contributed by atoms with E-state index in [0.29, 0.717) is 10.0 Å². The monoisotopic (exact) mass is 339 g/mol. The molecule has 0 fully saturated rings. The minimum atomic E-state index is -0.291. The van der Waals surface area contributed by atoms with Crippen LogP contribution < -0.4 is 0 Å². The van der Waals surface area contributed by atoms with Crippen LogP contribution in [0.15, 0.2) is 42.5 Å². The van der Waals surface area contributed by atoms with E-state index in [9.17, 15) is 9.18 Å². The number of halogens is 3. The summed E-state index contributed by atoms with van der Waals surface area (Å²) in [4.78, 5) is 14.0. The summed E-state index contributed by atoms with van der Waals surface area (Å²) in [5, 5.41) is 0.895. The molecule has 1 amide bonds. The third-order valence-electron chi connectivity index (χ3n) is 3.67. The lowest BCUT2D eigenvalue weighted by molar-refractivity contribution is -0.131. The van der Waals surface area contributed by atoms with Gasteiger partial charge in [-0.3, -0.25) is 4.79 Å². The predicted molar refractivity (Wildman–Crippen MR) is 87.8 cm³/mol. The van der Waals surface area contributed by atoms with E-state index in [1.54, 1.807) is 42.3 Å². The quantitative estimate of drug-likeness (QED) is 0.776. The summed E-state index contributed by atoms with van der Waals surface area (Å²) in [5.41, 5.74) is 1.68. The zero-order chi connectivity index (χ0) is 16.3. The zero-order valence-corrected chi connectivity index (χ0v) is 13.8. The molecule has 0 radical (unpaired) electrons. The standard InChI is InChI=1S/C17H16Cl2FNO/c1-11(13-4-6-14(20)7-5-13)21(2)17(22)10-12-3-8-15(18)16(19)9-12/h3-9,11H,10H2,1-2H3. The van der Waals surface area contributed by atoms with Crippen molar-refractivity contribution >= 4 is 29.1 Å². The van der Waals surface area contributed by atoms with Crippen LogP contribution in [0.4, 0.5) is 4.39 Å². The van der Waals surface area contributed by atoms with E-state index < -0.39 is 0 Å². The SMILES string of the molecule is CC(c1ccc(F)cc1)N(C)C(=O)Cc1ccc(Cl)c(Cl)c1. The fourth-order valence-electron chi connectivity index (χ4n) is 2.13. The topological polar surface area (TPSA) is 20.3 Å². The summed E-state index contributed by atoms with van der Waals surface area (Å²) < 4.78 is 13.0. The third kappa shape index (κ3) is 3.99. The maximum Gasteiger partial charge on any atom is 0.227 e. The number of amides is 1. The Hall–Kier alpha value is -1.58. The smallest absolute Gasteiger partial charge is 0.227 e. The summed E-state index contributed by atoms with van der Waals surface area (Å²) in [5.74, 6) is -0.337. The van der Waals surface area contributed by atoms with Crippen molar-refractivity contribution in [1.29, 1.82) is 0 Å². The fraction of sp³-hybridized carbons (Fsp3) is 0.235. The highest BCUT2D eigenvalue weighted by molar-refractivity contribution is 6.42. The molecule has 0 bridgehead atoms. The van der Waals surface area contributed by atoms with Gasteiger partial charge in [-0.25, -0.2) is 4.39 Å². The van der Waals surface area contributed by atoms with Gasteiger partial charge in [0.05, 0.1) is 22.5 Å². The van der Waals surface area contributed by atoms with Crippen LogP contribution in [0.5, 0.6) is 0 Å². The van der Waals surface area contributed by atoms with Gasteiger partial charge in [-0.05, 0) is 42.3 Å².